The van der Waals surface area contributed by atoms with E-state index < -0.39 is 95.6 Å². The normalized spacial score (nSPS) is 34.4. The number of nitrogens with two attached hydrogens (primary N) is 1. The van der Waals surface area contributed by atoms with Crippen LogP contribution in [0.3, 0.4) is 0 Å². The smallest absolute Gasteiger partial charge is 0.193 e. The minimum absolute atomic E-state index is 0.0272. The van der Waals surface area contributed by atoms with Crippen LogP contribution in [0.1, 0.15) is 83.8 Å². The average Bonchev–Trinajstić information content (AvgIpc) is 3.16. The van der Waals surface area contributed by atoms with Gasteiger partial charge < -0.3 is 79.6 Å². The number of benzene rings is 3. The fraction of sp³-hybridized carbons (Fsp3) is 0.605. The Hall–Kier alpha value is -3.69. The summed E-state index contributed by atoms with van der Waals surface area (Å²) in [7, 11) is 3.75. The molecule has 3 fully saturated rings. The molecular formula is C43H58N2O15. The Bertz CT molecular complexity index is 2300. The number of likely N-dealkylation sites (N-methyl/N-ethyl adjacent to an activating group) is 1. The van der Waals surface area contributed by atoms with Crippen molar-refractivity contribution in [1.29, 1.82) is 0 Å². The highest BCUT2D eigenvalue weighted by atomic mass is 16.7. The van der Waals surface area contributed by atoms with Crippen LogP contribution in [0, 0.1) is 0 Å². The van der Waals surface area contributed by atoms with Crippen LogP contribution in [0.25, 0.3) is 32.5 Å². The van der Waals surface area contributed by atoms with E-state index in [1.807, 2.05) is 25.9 Å². The lowest BCUT2D eigenvalue weighted by Crippen LogP contribution is -2.60. The first-order valence-corrected chi connectivity index (χ1v) is 20.3. The Labute approximate surface area is 346 Å². The Morgan fingerprint density at radius 1 is 0.917 bits per heavy atom. The monoisotopic (exact) mass is 842 g/mol. The molecule has 0 aliphatic carbocycles. The van der Waals surface area contributed by atoms with Gasteiger partial charge in [0.2, 0.25) is 0 Å². The zero-order chi connectivity index (χ0) is 43.9. The maximum absolute atomic E-state index is 14.0. The molecule has 3 saturated heterocycles. The molecule has 14 unspecified atom stereocenters. The highest BCUT2D eigenvalue weighted by Crippen LogP contribution is 2.51. The van der Waals surface area contributed by atoms with E-state index in [4.69, 9.17) is 33.8 Å². The Balaban J connectivity index is 1.32. The number of phenols is 3. The summed E-state index contributed by atoms with van der Waals surface area (Å²) in [5.74, 6) is -1.63. The molecule has 0 bridgehead atoms. The van der Waals surface area contributed by atoms with Crippen molar-refractivity contribution in [3.63, 3.8) is 0 Å². The van der Waals surface area contributed by atoms with Crippen molar-refractivity contribution in [3.05, 3.63) is 51.4 Å². The van der Waals surface area contributed by atoms with Crippen LogP contribution in [0.5, 0.6) is 17.2 Å². The zero-order valence-corrected chi connectivity index (χ0v) is 35.0. The van der Waals surface area contributed by atoms with Gasteiger partial charge in [-0.3, -0.25) is 4.79 Å². The molecule has 3 aromatic carbocycles. The van der Waals surface area contributed by atoms with Gasteiger partial charge in [0.15, 0.2) is 18.0 Å². The summed E-state index contributed by atoms with van der Waals surface area (Å²) in [5, 5.41) is 88.7. The van der Waals surface area contributed by atoms with E-state index in [1.54, 1.807) is 32.9 Å². The molecule has 3 aliphatic heterocycles. The number of phenolic OH excluding ortho intramolecular Hbond substituents is 3. The first-order chi connectivity index (χ1) is 28.0. The van der Waals surface area contributed by atoms with Gasteiger partial charge in [-0.15, -0.1) is 0 Å². The fourth-order valence-electron chi connectivity index (χ4n) is 8.89. The molecule has 60 heavy (non-hydrogen) atoms. The number of hydrogen-bond acceptors (Lipinski definition) is 17. The molecule has 4 heterocycles. The van der Waals surface area contributed by atoms with Crippen LogP contribution in [0.15, 0.2) is 33.5 Å². The second-order valence-corrected chi connectivity index (χ2v) is 17.6. The minimum Gasteiger partial charge on any atom is -0.507 e. The van der Waals surface area contributed by atoms with Crippen molar-refractivity contribution in [2.75, 3.05) is 14.1 Å². The van der Waals surface area contributed by atoms with Gasteiger partial charge in [0.1, 0.15) is 46.4 Å². The zero-order valence-electron chi connectivity index (χ0n) is 35.0. The van der Waals surface area contributed by atoms with Gasteiger partial charge in [-0.25, -0.2) is 0 Å². The van der Waals surface area contributed by atoms with Crippen molar-refractivity contribution in [2.24, 2.45) is 5.73 Å². The topological polar surface area (TPSA) is 267 Å². The molecule has 1 aromatic heterocycles. The predicted octanol–water partition coefficient (Wildman–Crippen LogP) is 2.56. The number of aliphatic hydroxyl groups excluding tert-OH is 4. The van der Waals surface area contributed by atoms with Gasteiger partial charge in [-0.1, -0.05) is 6.07 Å². The molecular weight excluding hydrogens is 784 g/mol. The third-order valence-corrected chi connectivity index (χ3v) is 12.8. The molecule has 4 aromatic rings. The Kier molecular flexibility index (Phi) is 12.0. The van der Waals surface area contributed by atoms with Gasteiger partial charge in [0.25, 0.3) is 0 Å². The van der Waals surface area contributed by atoms with Gasteiger partial charge in [0.05, 0.1) is 65.5 Å². The lowest BCUT2D eigenvalue weighted by molar-refractivity contribution is -0.287. The van der Waals surface area contributed by atoms with E-state index in [0.717, 1.165) is 6.07 Å². The SMILES string of the molecule is CC1OC(OC2C(C)OC(c3ccc4c(O)c5cc(COC6CC(C)(N)C(O)C(C)O6)c6c(=O)cc(C(C)(O)C(C)O)oc6c5c(O)c4c3O)CC2N(C)C)CC(O)C1O. The predicted molar refractivity (Wildman–Crippen MR) is 217 cm³/mol. The summed E-state index contributed by atoms with van der Waals surface area (Å²) in [6.45, 7) is 9.12. The third-order valence-electron chi connectivity index (χ3n) is 12.8. The molecule has 17 heteroatoms. The molecule has 3 aliphatic rings. The van der Waals surface area contributed by atoms with Crippen molar-refractivity contribution in [3.8, 4) is 17.2 Å². The van der Waals surface area contributed by atoms with Crippen molar-refractivity contribution in [1.82, 2.24) is 4.90 Å². The van der Waals surface area contributed by atoms with Gasteiger partial charge in [-0.05, 0) is 79.8 Å². The molecule has 14 atom stereocenters. The maximum Gasteiger partial charge on any atom is 0.193 e. The average molecular weight is 843 g/mol. The van der Waals surface area contributed by atoms with E-state index >= 15 is 0 Å². The quantitative estimate of drug-likeness (QED) is 0.0666. The number of aromatic hydroxyl groups is 3. The summed E-state index contributed by atoms with van der Waals surface area (Å²) in [4.78, 5) is 16.0. The molecule has 17 nitrogen and oxygen atoms in total. The fourth-order valence-corrected chi connectivity index (χ4v) is 8.89. The van der Waals surface area contributed by atoms with E-state index in [2.05, 4.69) is 0 Å². The van der Waals surface area contributed by atoms with E-state index in [9.17, 15) is 45.6 Å². The molecule has 0 amide bonds. The number of rotatable bonds is 9. The summed E-state index contributed by atoms with van der Waals surface area (Å²) in [6, 6.07) is 5.35. The summed E-state index contributed by atoms with van der Waals surface area (Å²) < 4.78 is 36.8. The number of hydrogen-bond donors (Lipinski definition) is 9. The molecule has 0 spiro atoms. The van der Waals surface area contributed by atoms with Crippen LogP contribution in [-0.2, 0) is 35.9 Å². The Morgan fingerprint density at radius 3 is 2.23 bits per heavy atom. The second-order valence-electron chi connectivity index (χ2n) is 17.6. The molecule has 10 N–H and O–H groups in total. The standard InChI is InChI=1S/C43H58N2O15/c1-17-35(49)27(48)14-30(57-17)60-39-18(2)56-28(12-25(39)45(7)8)22-9-10-23-33(37(22)51)38(52)34-24(36(23)50)11-21(16-55-31-15-42(5,44)41(53)19(3)58-31)32-26(47)13-29(59-40(32)34)43(6,54)20(4)46/h9-11,13,17-20,25,27-28,30-31,35,39,41,46,48-54H,12,14-16,44H2,1-8H3. The molecule has 0 saturated carbocycles. The number of aliphatic hydroxyl groups is 5. The molecule has 330 valence electrons. The summed E-state index contributed by atoms with van der Waals surface area (Å²) in [5.41, 5.74) is 2.85. The summed E-state index contributed by atoms with van der Waals surface area (Å²) >= 11 is 0. The van der Waals surface area contributed by atoms with Crippen molar-refractivity contribution >= 4 is 32.5 Å². The van der Waals surface area contributed by atoms with Crippen LogP contribution in [0.4, 0.5) is 0 Å². The highest BCUT2D eigenvalue weighted by molar-refractivity contribution is 6.20. The highest BCUT2D eigenvalue weighted by Gasteiger charge is 2.45. The first-order valence-electron chi connectivity index (χ1n) is 20.3. The van der Waals surface area contributed by atoms with Gasteiger partial charge in [0, 0.05) is 46.8 Å². The van der Waals surface area contributed by atoms with Crippen molar-refractivity contribution < 1.29 is 69.0 Å². The second kappa shape index (κ2) is 16.2. The number of fused-ring (bicyclic) bond motifs is 4. The number of nitrogens with zero attached hydrogens (tertiary/aromatic N) is 1. The van der Waals surface area contributed by atoms with Gasteiger partial charge in [-0.2, -0.15) is 0 Å². The molecule has 0 radical (unpaired) electrons. The largest absolute Gasteiger partial charge is 0.507 e. The molecule has 7 rings (SSSR count). The maximum atomic E-state index is 14.0. The third kappa shape index (κ3) is 7.73. The van der Waals surface area contributed by atoms with Crippen molar-refractivity contribution in [2.45, 2.75) is 152 Å². The summed E-state index contributed by atoms with van der Waals surface area (Å²) in [6.07, 6.45) is -8.79. The van der Waals surface area contributed by atoms with Crippen LogP contribution < -0.4 is 11.2 Å². The first kappa shape index (κ1) is 44.4. The van der Waals surface area contributed by atoms with Gasteiger partial charge >= 0.3 is 0 Å². The Morgan fingerprint density at radius 2 is 1.60 bits per heavy atom. The lowest BCUT2D eigenvalue weighted by atomic mass is 9.86. The van der Waals surface area contributed by atoms with Crippen LogP contribution >= 0.6 is 0 Å². The van der Waals surface area contributed by atoms with E-state index in [-0.39, 0.29) is 75.1 Å². The minimum atomic E-state index is -2.06. The van der Waals surface area contributed by atoms with Crippen LogP contribution in [-0.4, -0.2) is 133 Å². The van der Waals surface area contributed by atoms with Crippen LogP contribution in [0.2, 0.25) is 0 Å². The van der Waals surface area contributed by atoms with E-state index in [1.165, 1.54) is 19.9 Å². The lowest BCUT2D eigenvalue weighted by Gasteiger charge is -2.46. The van der Waals surface area contributed by atoms with E-state index in [0.29, 0.717) is 12.0 Å². The number of ether oxygens (including phenoxy) is 5.